The Hall–Kier alpha value is -1.03. The van der Waals surface area contributed by atoms with Gasteiger partial charge in [0, 0.05) is 4.47 Å². The molecule has 0 aliphatic rings. The minimum Gasteiger partial charge on any atom is -0.508 e. The molecule has 1 rings (SSSR count). The average molecular weight is 287 g/mol. The van der Waals surface area contributed by atoms with Gasteiger partial charge >= 0.3 is 5.97 Å². The third-order valence-corrected chi connectivity index (χ3v) is 2.53. The molecule has 4 heteroatoms. The van der Waals surface area contributed by atoms with Gasteiger partial charge in [0.05, 0.1) is 6.42 Å². The molecule has 16 heavy (non-hydrogen) atoms. The van der Waals surface area contributed by atoms with E-state index in [4.69, 9.17) is 4.74 Å². The molecule has 1 aromatic carbocycles. The van der Waals surface area contributed by atoms with Crippen molar-refractivity contribution in [2.75, 3.05) is 0 Å². The summed E-state index contributed by atoms with van der Waals surface area (Å²) < 4.78 is 5.91. The van der Waals surface area contributed by atoms with Gasteiger partial charge in [-0.15, -0.1) is 0 Å². The number of ether oxygens (including phenoxy) is 1. The molecule has 0 heterocycles. The van der Waals surface area contributed by atoms with Crippen LogP contribution in [0.4, 0.5) is 0 Å². The van der Waals surface area contributed by atoms with E-state index in [1.165, 1.54) is 0 Å². The standard InChI is InChI=1S/C12H15BrO3/c1-12(2,3)16-11(15)6-8-4-5-9(14)7-10(8)13/h4-5,7,14H,6H2,1-3H3. The van der Waals surface area contributed by atoms with Crippen LogP contribution >= 0.6 is 15.9 Å². The first-order valence-electron chi connectivity index (χ1n) is 4.97. The second kappa shape index (κ2) is 4.87. The number of carbonyl (C=O) groups excluding carboxylic acids is 1. The Morgan fingerprint density at radius 3 is 2.56 bits per heavy atom. The molecule has 0 unspecified atom stereocenters. The highest BCUT2D eigenvalue weighted by atomic mass is 79.9. The van der Waals surface area contributed by atoms with Gasteiger partial charge in [-0.25, -0.2) is 0 Å². The van der Waals surface area contributed by atoms with Crippen molar-refractivity contribution in [2.24, 2.45) is 0 Å². The third-order valence-electron chi connectivity index (χ3n) is 1.79. The van der Waals surface area contributed by atoms with Crippen LogP contribution in [0, 0.1) is 0 Å². The van der Waals surface area contributed by atoms with E-state index in [0.717, 1.165) is 5.56 Å². The summed E-state index contributed by atoms with van der Waals surface area (Å²) in [5.41, 5.74) is 0.326. The Labute approximate surface area is 104 Å². The Morgan fingerprint density at radius 2 is 2.06 bits per heavy atom. The molecule has 0 saturated heterocycles. The van der Waals surface area contributed by atoms with Gasteiger partial charge in [0.15, 0.2) is 0 Å². The van der Waals surface area contributed by atoms with Crippen LogP contribution in [-0.2, 0) is 16.0 Å². The smallest absolute Gasteiger partial charge is 0.310 e. The van der Waals surface area contributed by atoms with Gasteiger partial charge in [-0.2, -0.15) is 0 Å². The molecule has 88 valence electrons. The number of halogens is 1. The summed E-state index contributed by atoms with van der Waals surface area (Å²) in [6.07, 6.45) is 0.193. The van der Waals surface area contributed by atoms with Crippen LogP contribution in [0.15, 0.2) is 22.7 Å². The summed E-state index contributed by atoms with van der Waals surface area (Å²) in [5, 5.41) is 9.21. The number of hydrogen-bond donors (Lipinski definition) is 1. The summed E-state index contributed by atoms with van der Waals surface area (Å²) >= 11 is 3.29. The van der Waals surface area contributed by atoms with Crippen molar-refractivity contribution in [3.63, 3.8) is 0 Å². The maximum absolute atomic E-state index is 11.6. The van der Waals surface area contributed by atoms with Crippen LogP contribution in [0.25, 0.3) is 0 Å². The van der Waals surface area contributed by atoms with E-state index in [9.17, 15) is 9.90 Å². The van der Waals surface area contributed by atoms with Crippen molar-refractivity contribution in [1.82, 2.24) is 0 Å². The fraction of sp³-hybridized carbons (Fsp3) is 0.417. The molecular weight excluding hydrogens is 272 g/mol. The fourth-order valence-electron chi connectivity index (χ4n) is 1.21. The number of benzene rings is 1. The minimum atomic E-state index is -0.472. The van der Waals surface area contributed by atoms with Crippen molar-refractivity contribution in [3.05, 3.63) is 28.2 Å². The molecule has 0 aromatic heterocycles. The molecule has 1 N–H and O–H groups in total. The van der Waals surface area contributed by atoms with Gasteiger partial charge in [-0.1, -0.05) is 22.0 Å². The van der Waals surface area contributed by atoms with E-state index in [2.05, 4.69) is 15.9 Å². The summed E-state index contributed by atoms with van der Waals surface area (Å²) in [5.74, 6) is -0.112. The molecule has 0 radical (unpaired) electrons. The largest absolute Gasteiger partial charge is 0.508 e. The molecule has 0 fully saturated rings. The Balaban J connectivity index is 2.70. The highest BCUT2D eigenvalue weighted by Gasteiger charge is 2.17. The quantitative estimate of drug-likeness (QED) is 0.850. The van der Waals surface area contributed by atoms with Crippen LogP contribution in [0.2, 0.25) is 0 Å². The number of phenolic OH excluding ortho intramolecular Hbond substituents is 1. The normalized spacial score (nSPS) is 11.2. The van der Waals surface area contributed by atoms with Crippen LogP contribution in [0.5, 0.6) is 5.75 Å². The van der Waals surface area contributed by atoms with Crippen molar-refractivity contribution in [1.29, 1.82) is 0 Å². The predicted octanol–water partition coefficient (Wildman–Crippen LogP) is 3.04. The summed E-state index contributed by atoms with van der Waals surface area (Å²) in [4.78, 5) is 11.6. The molecule has 1 aromatic rings. The highest BCUT2D eigenvalue weighted by Crippen LogP contribution is 2.23. The van der Waals surface area contributed by atoms with E-state index in [1.54, 1.807) is 18.2 Å². The first-order valence-corrected chi connectivity index (χ1v) is 5.76. The second-order valence-corrected chi connectivity index (χ2v) is 5.39. The highest BCUT2D eigenvalue weighted by molar-refractivity contribution is 9.10. The second-order valence-electron chi connectivity index (χ2n) is 4.54. The van der Waals surface area contributed by atoms with E-state index in [-0.39, 0.29) is 18.1 Å². The zero-order valence-electron chi connectivity index (χ0n) is 9.58. The topological polar surface area (TPSA) is 46.5 Å². The van der Waals surface area contributed by atoms with Crippen LogP contribution < -0.4 is 0 Å². The lowest BCUT2D eigenvalue weighted by Gasteiger charge is -2.19. The number of aromatic hydroxyl groups is 1. The van der Waals surface area contributed by atoms with Crippen LogP contribution in [0.3, 0.4) is 0 Å². The lowest BCUT2D eigenvalue weighted by Crippen LogP contribution is -2.24. The zero-order valence-corrected chi connectivity index (χ0v) is 11.2. The predicted molar refractivity (Wildman–Crippen MR) is 65.4 cm³/mol. The first-order chi connectivity index (χ1) is 7.28. The van der Waals surface area contributed by atoms with Crippen molar-refractivity contribution in [3.8, 4) is 5.75 Å². The maximum Gasteiger partial charge on any atom is 0.310 e. The first kappa shape index (κ1) is 13.0. The molecule has 0 saturated carbocycles. The molecule has 0 bridgehead atoms. The Morgan fingerprint density at radius 1 is 1.44 bits per heavy atom. The lowest BCUT2D eigenvalue weighted by molar-refractivity contribution is -0.153. The van der Waals surface area contributed by atoms with Gasteiger partial charge in [0.2, 0.25) is 0 Å². The average Bonchev–Trinajstić information content (AvgIpc) is 2.06. The van der Waals surface area contributed by atoms with E-state index in [0.29, 0.717) is 4.47 Å². The van der Waals surface area contributed by atoms with Crippen molar-refractivity contribution >= 4 is 21.9 Å². The van der Waals surface area contributed by atoms with Gasteiger partial charge in [-0.05, 0) is 38.5 Å². The number of phenols is 1. The van der Waals surface area contributed by atoms with Gasteiger partial charge < -0.3 is 9.84 Å². The SMILES string of the molecule is CC(C)(C)OC(=O)Cc1ccc(O)cc1Br. The minimum absolute atomic E-state index is 0.166. The van der Waals surface area contributed by atoms with Crippen molar-refractivity contribution in [2.45, 2.75) is 32.8 Å². The van der Waals surface area contributed by atoms with Gasteiger partial charge in [-0.3, -0.25) is 4.79 Å². The van der Waals surface area contributed by atoms with Crippen LogP contribution in [0.1, 0.15) is 26.3 Å². The number of carbonyl (C=O) groups is 1. The summed E-state index contributed by atoms with van der Waals surface area (Å²) in [6, 6.07) is 4.80. The maximum atomic E-state index is 11.6. The Bertz CT molecular complexity index is 394. The summed E-state index contributed by atoms with van der Waals surface area (Å²) in [6.45, 7) is 5.49. The van der Waals surface area contributed by atoms with E-state index in [1.807, 2.05) is 20.8 Å². The zero-order chi connectivity index (χ0) is 12.3. The van der Waals surface area contributed by atoms with E-state index < -0.39 is 5.60 Å². The number of rotatable bonds is 2. The van der Waals surface area contributed by atoms with Gasteiger partial charge in [0.1, 0.15) is 11.4 Å². The number of esters is 1. The molecule has 0 amide bonds. The summed E-state index contributed by atoms with van der Waals surface area (Å²) in [7, 11) is 0. The van der Waals surface area contributed by atoms with Crippen LogP contribution in [-0.4, -0.2) is 16.7 Å². The molecule has 3 nitrogen and oxygen atoms in total. The molecule has 0 atom stereocenters. The molecule has 0 aliphatic carbocycles. The number of hydrogen-bond acceptors (Lipinski definition) is 3. The fourth-order valence-corrected chi connectivity index (χ4v) is 1.72. The van der Waals surface area contributed by atoms with Gasteiger partial charge in [0.25, 0.3) is 0 Å². The molecule has 0 aliphatic heterocycles. The monoisotopic (exact) mass is 286 g/mol. The van der Waals surface area contributed by atoms with Crippen molar-refractivity contribution < 1.29 is 14.6 Å². The molecular formula is C12H15BrO3. The third kappa shape index (κ3) is 4.23. The Kier molecular flexibility index (Phi) is 3.97. The lowest BCUT2D eigenvalue weighted by atomic mass is 10.1. The van der Waals surface area contributed by atoms with E-state index >= 15 is 0 Å². The molecule has 0 spiro atoms.